The molecule has 2 amide bonds. The van der Waals surface area contributed by atoms with E-state index in [1.54, 1.807) is 6.07 Å². The molecule has 0 saturated carbocycles. The van der Waals surface area contributed by atoms with Crippen molar-refractivity contribution in [2.75, 3.05) is 11.3 Å². The second-order valence-electron chi connectivity index (χ2n) is 6.45. The lowest BCUT2D eigenvalue weighted by molar-refractivity contribution is 0.0879. The lowest BCUT2D eigenvalue weighted by Gasteiger charge is -2.13. The molecule has 3 rings (SSSR count). The first-order valence-corrected chi connectivity index (χ1v) is 9.98. The molecule has 0 bridgehead atoms. The van der Waals surface area contributed by atoms with Crippen LogP contribution < -0.4 is 14.8 Å². The largest absolute Gasteiger partial charge is 0.492 e. The maximum atomic E-state index is 12.6. The van der Waals surface area contributed by atoms with E-state index in [1.165, 1.54) is 30.3 Å². The van der Waals surface area contributed by atoms with Crippen molar-refractivity contribution in [3.63, 3.8) is 0 Å². The Morgan fingerprint density at radius 1 is 1.07 bits per heavy atom. The molecule has 0 spiro atoms. The Morgan fingerprint density at radius 3 is 2.44 bits per heavy atom. The Bertz CT molecular complexity index is 1030. The fourth-order valence-corrected chi connectivity index (χ4v) is 3.78. The molecule has 0 aromatic heterocycles. The van der Waals surface area contributed by atoms with Crippen molar-refractivity contribution in [2.24, 2.45) is 5.92 Å². The fraction of sp³-hybridized carbons (Fsp3) is 0.222. The van der Waals surface area contributed by atoms with Crippen LogP contribution in [-0.2, 0) is 10.0 Å². The number of nitrogens with one attached hydrogen (secondary N) is 2. The van der Waals surface area contributed by atoms with Gasteiger partial charge in [0, 0.05) is 0 Å². The van der Waals surface area contributed by atoms with E-state index < -0.39 is 21.8 Å². The molecule has 0 radical (unpaired) electrons. The quantitative estimate of drug-likeness (QED) is 0.715. The van der Waals surface area contributed by atoms with Crippen LogP contribution in [0.5, 0.6) is 5.75 Å². The molecule has 2 aromatic rings. The molecule has 0 saturated heterocycles. The predicted molar refractivity (Wildman–Crippen MR) is 101 cm³/mol. The highest BCUT2D eigenvalue weighted by atomic mass is 35.5. The summed E-state index contributed by atoms with van der Waals surface area (Å²) in [6.07, 6.45) is 0. The summed E-state index contributed by atoms with van der Waals surface area (Å²) in [5, 5.41) is 2.39. The molecule has 0 aliphatic carbocycles. The lowest BCUT2D eigenvalue weighted by atomic mass is 10.1. The number of hydrogen-bond donors (Lipinski definition) is 2. The highest BCUT2D eigenvalue weighted by molar-refractivity contribution is 7.92. The van der Waals surface area contributed by atoms with Gasteiger partial charge in [0.2, 0.25) is 0 Å². The number of ether oxygens (including phenoxy) is 1. The third-order valence-corrected chi connectivity index (χ3v) is 5.45. The first kappa shape index (κ1) is 19.2. The molecule has 142 valence electrons. The third-order valence-electron chi connectivity index (χ3n) is 3.77. The number of anilines is 1. The zero-order valence-electron chi connectivity index (χ0n) is 14.6. The van der Waals surface area contributed by atoms with Crippen LogP contribution in [0.1, 0.15) is 34.6 Å². The Morgan fingerprint density at radius 2 is 1.78 bits per heavy atom. The highest BCUT2D eigenvalue weighted by Gasteiger charge is 2.28. The molecule has 2 N–H and O–H groups in total. The Balaban J connectivity index is 1.83. The number of carbonyl (C=O) groups excluding carboxylic acids is 2. The molecule has 0 atom stereocenters. The monoisotopic (exact) mass is 408 g/mol. The first-order valence-electron chi connectivity index (χ1n) is 8.12. The zero-order chi connectivity index (χ0) is 19.8. The van der Waals surface area contributed by atoms with Crippen molar-refractivity contribution in [1.82, 2.24) is 5.32 Å². The maximum absolute atomic E-state index is 12.6. The molecule has 1 aliphatic heterocycles. The van der Waals surface area contributed by atoms with Crippen molar-refractivity contribution in [2.45, 2.75) is 18.7 Å². The smallest absolute Gasteiger partial charge is 0.261 e. The van der Waals surface area contributed by atoms with Gasteiger partial charge in [0.25, 0.3) is 21.8 Å². The number of benzene rings is 2. The number of rotatable bonds is 6. The number of halogens is 1. The minimum Gasteiger partial charge on any atom is -0.492 e. The van der Waals surface area contributed by atoms with Gasteiger partial charge in [0.1, 0.15) is 5.75 Å². The molecule has 1 heterocycles. The van der Waals surface area contributed by atoms with Crippen LogP contribution in [0.2, 0.25) is 5.02 Å². The van der Waals surface area contributed by atoms with Gasteiger partial charge in [-0.05, 0) is 42.3 Å². The molecule has 1 aliphatic rings. The normalized spacial score (nSPS) is 13.5. The minimum atomic E-state index is -3.97. The van der Waals surface area contributed by atoms with Crippen molar-refractivity contribution in [3.05, 3.63) is 52.5 Å². The number of amides is 2. The van der Waals surface area contributed by atoms with Crippen LogP contribution in [0.4, 0.5) is 5.69 Å². The second kappa shape index (κ2) is 7.21. The van der Waals surface area contributed by atoms with Crippen LogP contribution in [-0.4, -0.2) is 26.8 Å². The topological polar surface area (TPSA) is 102 Å². The number of hydrogen-bond acceptors (Lipinski definition) is 5. The molecule has 0 fully saturated rings. The molecular weight excluding hydrogens is 392 g/mol. The van der Waals surface area contributed by atoms with Gasteiger partial charge in [-0.2, -0.15) is 0 Å². The summed E-state index contributed by atoms with van der Waals surface area (Å²) >= 11 is 6.15. The maximum Gasteiger partial charge on any atom is 0.261 e. The highest BCUT2D eigenvalue weighted by Crippen LogP contribution is 2.29. The molecule has 27 heavy (non-hydrogen) atoms. The number of fused-ring (bicyclic) bond motifs is 1. The second-order valence-corrected chi connectivity index (χ2v) is 8.54. The van der Waals surface area contributed by atoms with E-state index in [1.807, 2.05) is 13.8 Å². The summed E-state index contributed by atoms with van der Waals surface area (Å²) in [7, 11) is -3.97. The van der Waals surface area contributed by atoms with E-state index in [-0.39, 0.29) is 26.7 Å². The number of imide groups is 1. The Labute approximate surface area is 161 Å². The fourth-order valence-electron chi connectivity index (χ4n) is 2.47. The van der Waals surface area contributed by atoms with Crippen LogP contribution in [0.15, 0.2) is 41.3 Å². The summed E-state index contributed by atoms with van der Waals surface area (Å²) in [5.74, 6) is -0.387. The van der Waals surface area contributed by atoms with Crippen molar-refractivity contribution >= 4 is 39.1 Å². The van der Waals surface area contributed by atoms with E-state index in [4.69, 9.17) is 16.3 Å². The lowest BCUT2D eigenvalue weighted by Crippen LogP contribution is -2.19. The van der Waals surface area contributed by atoms with E-state index in [2.05, 4.69) is 10.0 Å². The average molecular weight is 409 g/mol. The number of carbonyl (C=O) groups is 2. The zero-order valence-corrected chi connectivity index (χ0v) is 16.1. The molecular formula is C18H17ClN2O5S. The molecule has 0 unspecified atom stereocenters. The van der Waals surface area contributed by atoms with Crippen LogP contribution in [0.3, 0.4) is 0 Å². The van der Waals surface area contributed by atoms with E-state index in [9.17, 15) is 18.0 Å². The van der Waals surface area contributed by atoms with Gasteiger partial charge in [0.05, 0.1) is 33.3 Å². The van der Waals surface area contributed by atoms with Crippen molar-refractivity contribution in [1.29, 1.82) is 0 Å². The van der Waals surface area contributed by atoms with Gasteiger partial charge < -0.3 is 4.74 Å². The standard InChI is InChI=1S/C18H17ClN2O5S/c1-10(2)9-26-16-6-3-11(7-15(16)19)21-27(24,25)12-4-5-13-14(8-12)18(23)20-17(13)22/h3-8,10,21H,9H2,1-2H3,(H,20,22,23). The predicted octanol–water partition coefficient (Wildman–Crippen LogP) is 3.06. The van der Waals surface area contributed by atoms with E-state index in [0.29, 0.717) is 18.3 Å². The minimum absolute atomic E-state index is 0.0262. The van der Waals surface area contributed by atoms with Gasteiger partial charge in [-0.15, -0.1) is 0 Å². The molecule has 9 heteroatoms. The van der Waals surface area contributed by atoms with E-state index >= 15 is 0 Å². The van der Waals surface area contributed by atoms with Gasteiger partial charge in [-0.3, -0.25) is 19.6 Å². The Kier molecular flexibility index (Phi) is 5.12. The SMILES string of the molecule is CC(C)COc1ccc(NS(=O)(=O)c2ccc3c(c2)C(=O)NC3=O)cc1Cl. The molecule has 7 nitrogen and oxygen atoms in total. The van der Waals surface area contributed by atoms with Crippen molar-refractivity contribution in [3.8, 4) is 5.75 Å². The van der Waals surface area contributed by atoms with Gasteiger partial charge in [-0.25, -0.2) is 8.42 Å². The summed E-state index contributed by atoms with van der Waals surface area (Å²) in [5.41, 5.74) is 0.421. The number of sulfonamides is 1. The molecule has 2 aromatic carbocycles. The van der Waals surface area contributed by atoms with Crippen LogP contribution in [0, 0.1) is 5.92 Å². The van der Waals surface area contributed by atoms with Gasteiger partial charge in [0.15, 0.2) is 0 Å². The summed E-state index contributed by atoms with van der Waals surface area (Å²) < 4.78 is 33.2. The summed E-state index contributed by atoms with van der Waals surface area (Å²) in [4.78, 5) is 23.2. The summed E-state index contributed by atoms with van der Waals surface area (Å²) in [6, 6.07) is 8.29. The van der Waals surface area contributed by atoms with E-state index in [0.717, 1.165) is 0 Å². The van der Waals surface area contributed by atoms with Gasteiger partial charge >= 0.3 is 0 Å². The summed E-state index contributed by atoms with van der Waals surface area (Å²) in [6.45, 7) is 4.49. The third kappa shape index (κ3) is 4.06. The Hall–Kier alpha value is -2.58. The first-order chi connectivity index (χ1) is 12.7. The van der Waals surface area contributed by atoms with Crippen molar-refractivity contribution < 1.29 is 22.7 Å². The van der Waals surface area contributed by atoms with Crippen LogP contribution >= 0.6 is 11.6 Å². The van der Waals surface area contributed by atoms with Gasteiger partial charge in [-0.1, -0.05) is 25.4 Å². The average Bonchev–Trinajstić information content (AvgIpc) is 2.87. The van der Waals surface area contributed by atoms with Crippen LogP contribution in [0.25, 0.3) is 0 Å².